The number of hydrogen-bond donors (Lipinski definition) is 2. The molecule has 5 nitrogen and oxygen atoms in total. The summed E-state index contributed by atoms with van der Waals surface area (Å²) < 4.78 is 0. The quantitative estimate of drug-likeness (QED) is 0.876. The van der Waals surface area contributed by atoms with Crippen molar-refractivity contribution in [1.29, 1.82) is 0 Å². The predicted molar refractivity (Wildman–Crippen MR) is 98.2 cm³/mol. The molecular weight excluding hydrogens is 302 g/mol. The van der Waals surface area contributed by atoms with Crippen LogP contribution in [0, 0.1) is 24.7 Å². The van der Waals surface area contributed by atoms with Crippen LogP contribution in [0.5, 0.6) is 0 Å². The number of nitrogens with one attached hydrogen (secondary N) is 2. The van der Waals surface area contributed by atoms with E-state index in [0.29, 0.717) is 17.5 Å². The zero-order valence-electron chi connectivity index (χ0n) is 15.3. The van der Waals surface area contributed by atoms with Crippen LogP contribution in [0.2, 0.25) is 0 Å². The molecule has 0 spiro atoms. The van der Waals surface area contributed by atoms with E-state index in [0.717, 1.165) is 24.3 Å². The molecule has 1 aliphatic rings. The number of rotatable bonds is 3. The Morgan fingerprint density at radius 2 is 1.75 bits per heavy atom. The normalized spacial score (nSPS) is 20.8. The summed E-state index contributed by atoms with van der Waals surface area (Å²) in [6.45, 7) is 11.6. The lowest BCUT2D eigenvalue weighted by Crippen LogP contribution is -2.44. The molecule has 2 atom stereocenters. The lowest BCUT2D eigenvalue weighted by atomic mass is 9.92. The molecule has 1 heterocycles. The summed E-state index contributed by atoms with van der Waals surface area (Å²) in [5.74, 6) is 0.935. The van der Waals surface area contributed by atoms with E-state index in [-0.39, 0.29) is 17.9 Å². The number of anilines is 2. The SMILES string of the molecule is Cc1ccc(NC(=O)C(C)C)cc1NC(=O)N1CC(C)CC(C)C1. The number of amides is 3. The summed E-state index contributed by atoms with van der Waals surface area (Å²) in [7, 11) is 0. The number of nitrogens with zero attached hydrogens (tertiary/aromatic N) is 1. The van der Waals surface area contributed by atoms with E-state index in [4.69, 9.17) is 0 Å². The molecule has 1 fully saturated rings. The molecular formula is C19H29N3O2. The smallest absolute Gasteiger partial charge is 0.321 e. The Morgan fingerprint density at radius 1 is 1.12 bits per heavy atom. The molecule has 1 aromatic carbocycles. The van der Waals surface area contributed by atoms with Crippen LogP contribution in [0.15, 0.2) is 18.2 Å². The fourth-order valence-electron chi connectivity index (χ4n) is 3.14. The van der Waals surface area contributed by atoms with Crippen molar-refractivity contribution in [3.8, 4) is 0 Å². The highest BCUT2D eigenvalue weighted by atomic mass is 16.2. The van der Waals surface area contributed by atoms with Gasteiger partial charge in [-0.2, -0.15) is 0 Å². The molecule has 1 aromatic rings. The van der Waals surface area contributed by atoms with E-state index in [9.17, 15) is 9.59 Å². The standard InChI is InChI=1S/C19H29N3O2/c1-12(2)18(23)20-16-7-6-15(5)17(9-16)21-19(24)22-10-13(3)8-14(4)11-22/h6-7,9,12-14H,8,10-11H2,1-5H3,(H,20,23)(H,21,24). The van der Waals surface area contributed by atoms with Crippen molar-refractivity contribution in [3.05, 3.63) is 23.8 Å². The lowest BCUT2D eigenvalue weighted by molar-refractivity contribution is -0.118. The minimum atomic E-state index is -0.0827. The Kier molecular flexibility index (Phi) is 5.86. The average Bonchev–Trinajstić information content (AvgIpc) is 2.49. The molecule has 3 amide bonds. The van der Waals surface area contributed by atoms with Crippen LogP contribution in [0.3, 0.4) is 0 Å². The molecule has 0 radical (unpaired) electrons. The summed E-state index contributed by atoms with van der Waals surface area (Å²) in [4.78, 5) is 26.3. The second kappa shape index (κ2) is 7.69. The zero-order chi connectivity index (χ0) is 17.9. The first-order valence-corrected chi connectivity index (χ1v) is 8.73. The monoisotopic (exact) mass is 331 g/mol. The third-order valence-corrected chi connectivity index (χ3v) is 4.43. The molecule has 24 heavy (non-hydrogen) atoms. The number of carbonyl (C=O) groups is 2. The van der Waals surface area contributed by atoms with E-state index in [1.165, 1.54) is 6.42 Å². The van der Waals surface area contributed by atoms with Crippen molar-refractivity contribution in [2.45, 2.75) is 41.0 Å². The third-order valence-electron chi connectivity index (χ3n) is 4.43. The number of carbonyl (C=O) groups excluding carboxylic acids is 2. The van der Waals surface area contributed by atoms with E-state index in [1.807, 2.05) is 43.9 Å². The van der Waals surface area contributed by atoms with Crippen molar-refractivity contribution in [3.63, 3.8) is 0 Å². The van der Waals surface area contributed by atoms with Gasteiger partial charge in [-0.05, 0) is 42.9 Å². The summed E-state index contributed by atoms with van der Waals surface area (Å²) in [5.41, 5.74) is 2.42. The maximum Gasteiger partial charge on any atom is 0.321 e. The van der Waals surface area contributed by atoms with Gasteiger partial charge in [0, 0.05) is 30.4 Å². The molecule has 0 aliphatic carbocycles. The Morgan fingerprint density at radius 3 is 2.33 bits per heavy atom. The third kappa shape index (κ3) is 4.73. The van der Waals surface area contributed by atoms with Crippen molar-refractivity contribution in [1.82, 2.24) is 4.90 Å². The lowest BCUT2D eigenvalue weighted by Gasteiger charge is -2.35. The Balaban J connectivity index is 2.08. The number of benzene rings is 1. The molecule has 0 saturated carbocycles. The minimum absolute atomic E-state index is 0.0326. The van der Waals surface area contributed by atoms with Gasteiger partial charge in [0.15, 0.2) is 0 Å². The van der Waals surface area contributed by atoms with E-state index in [1.54, 1.807) is 0 Å². The van der Waals surface area contributed by atoms with Gasteiger partial charge in [0.2, 0.25) is 5.91 Å². The van der Waals surface area contributed by atoms with Crippen molar-refractivity contribution in [2.75, 3.05) is 23.7 Å². The summed E-state index contributed by atoms with van der Waals surface area (Å²) in [5, 5.41) is 5.87. The fourth-order valence-corrected chi connectivity index (χ4v) is 3.14. The second-order valence-electron chi connectivity index (χ2n) is 7.45. The minimum Gasteiger partial charge on any atom is -0.326 e. The maximum atomic E-state index is 12.6. The highest BCUT2D eigenvalue weighted by Gasteiger charge is 2.25. The van der Waals surface area contributed by atoms with Gasteiger partial charge in [0.05, 0.1) is 0 Å². The van der Waals surface area contributed by atoms with Crippen molar-refractivity contribution < 1.29 is 9.59 Å². The first kappa shape index (κ1) is 18.3. The summed E-state index contributed by atoms with van der Waals surface area (Å²) >= 11 is 0. The van der Waals surface area contributed by atoms with E-state index in [2.05, 4.69) is 24.5 Å². The first-order valence-electron chi connectivity index (χ1n) is 8.73. The van der Waals surface area contributed by atoms with E-state index >= 15 is 0 Å². The van der Waals surface area contributed by atoms with Crippen molar-refractivity contribution in [2.24, 2.45) is 17.8 Å². The molecule has 132 valence electrons. The number of likely N-dealkylation sites (tertiary alicyclic amines) is 1. The van der Waals surface area contributed by atoms with Gasteiger partial charge in [-0.3, -0.25) is 4.79 Å². The van der Waals surface area contributed by atoms with Gasteiger partial charge >= 0.3 is 6.03 Å². The highest BCUT2D eigenvalue weighted by molar-refractivity contribution is 5.94. The van der Waals surface area contributed by atoms with Gasteiger partial charge in [-0.15, -0.1) is 0 Å². The predicted octanol–water partition coefficient (Wildman–Crippen LogP) is 4.10. The van der Waals surface area contributed by atoms with Crippen molar-refractivity contribution >= 4 is 23.3 Å². The number of urea groups is 1. The van der Waals surface area contributed by atoms with Gasteiger partial charge < -0.3 is 15.5 Å². The van der Waals surface area contributed by atoms with Gasteiger partial charge in [-0.1, -0.05) is 33.8 Å². The number of aryl methyl sites for hydroxylation is 1. The first-order chi connectivity index (χ1) is 11.3. The zero-order valence-corrected chi connectivity index (χ0v) is 15.3. The van der Waals surface area contributed by atoms with Gasteiger partial charge in [0.1, 0.15) is 0 Å². The molecule has 2 rings (SSSR count). The van der Waals surface area contributed by atoms with Crippen LogP contribution in [0.4, 0.5) is 16.2 Å². The number of piperidine rings is 1. The Labute approximate surface area is 144 Å². The average molecular weight is 331 g/mol. The van der Waals surface area contributed by atoms with Crippen LogP contribution in [-0.2, 0) is 4.79 Å². The van der Waals surface area contributed by atoms with Crippen LogP contribution >= 0.6 is 0 Å². The maximum absolute atomic E-state index is 12.6. The van der Waals surface area contributed by atoms with Gasteiger partial charge in [-0.25, -0.2) is 4.79 Å². The van der Waals surface area contributed by atoms with Crippen LogP contribution in [-0.4, -0.2) is 29.9 Å². The Hall–Kier alpha value is -2.04. The van der Waals surface area contributed by atoms with Crippen LogP contribution in [0.1, 0.15) is 39.7 Å². The largest absolute Gasteiger partial charge is 0.326 e. The molecule has 5 heteroatoms. The summed E-state index contributed by atoms with van der Waals surface area (Å²) in [6.07, 6.45) is 1.17. The topological polar surface area (TPSA) is 61.4 Å². The number of hydrogen-bond acceptors (Lipinski definition) is 2. The fraction of sp³-hybridized carbons (Fsp3) is 0.579. The molecule has 0 aromatic heterocycles. The highest BCUT2D eigenvalue weighted by Crippen LogP contribution is 2.24. The summed E-state index contributed by atoms with van der Waals surface area (Å²) in [6, 6.07) is 5.53. The molecule has 1 aliphatic heterocycles. The molecule has 2 unspecified atom stereocenters. The molecule has 2 N–H and O–H groups in total. The van der Waals surface area contributed by atoms with Crippen LogP contribution in [0.25, 0.3) is 0 Å². The van der Waals surface area contributed by atoms with E-state index < -0.39 is 0 Å². The Bertz CT molecular complexity index is 603. The van der Waals surface area contributed by atoms with Crippen LogP contribution < -0.4 is 10.6 Å². The molecule has 1 saturated heterocycles. The van der Waals surface area contributed by atoms with Gasteiger partial charge in [0.25, 0.3) is 0 Å². The molecule has 0 bridgehead atoms. The second-order valence-corrected chi connectivity index (χ2v) is 7.45.